The molecule has 6 saturated carbocycles. The normalized spacial score (nSPS) is 48.6. The van der Waals surface area contributed by atoms with Gasteiger partial charge in [0.05, 0.1) is 22.9 Å². The van der Waals surface area contributed by atoms with Gasteiger partial charge in [0.25, 0.3) is 0 Å². The average molecular weight is 1180 g/mol. The van der Waals surface area contributed by atoms with E-state index in [2.05, 4.69) is 41.5 Å². The van der Waals surface area contributed by atoms with Crippen LogP contribution in [0.15, 0.2) is 93.2 Å². The third-order valence-corrected chi connectivity index (χ3v) is 25.6. The van der Waals surface area contributed by atoms with Gasteiger partial charge in [-0.2, -0.15) is 0 Å². The molecule has 85 heavy (non-hydrogen) atoms. The second-order valence-electron chi connectivity index (χ2n) is 30.5. The van der Waals surface area contributed by atoms with Crippen LogP contribution in [0.4, 0.5) is 0 Å². The van der Waals surface area contributed by atoms with Gasteiger partial charge in [-0.15, -0.1) is 0 Å². The Kier molecular flexibility index (Phi) is 15.0. The number of esters is 2. The van der Waals surface area contributed by atoms with Crippen molar-refractivity contribution in [3.8, 4) is 0 Å². The van der Waals surface area contributed by atoms with Crippen LogP contribution in [0.25, 0.3) is 0 Å². The molecule has 12 rings (SSSR count). The number of aliphatic hydroxyl groups is 8. The summed E-state index contributed by atoms with van der Waals surface area (Å²) in [7, 11) is 0. The lowest BCUT2D eigenvalue weighted by Gasteiger charge is -2.48. The largest absolute Gasteiger partial charge is 0.451 e. The molecule has 0 amide bonds. The van der Waals surface area contributed by atoms with Crippen molar-refractivity contribution in [1.82, 2.24) is 0 Å². The van der Waals surface area contributed by atoms with Crippen LogP contribution in [0.5, 0.6) is 0 Å². The fourth-order valence-corrected chi connectivity index (χ4v) is 20.2. The molecule has 0 heterocycles. The highest BCUT2D eigenvalue weighted by molar-refractivity contribution is 5.98. The highest BCUT2D eigenvalue weighted by Crippen LogP contribution is 2.75. The molecule has 0 aliphatic heterocycles. The fourth-order valence-electron chi connectivity index (χ4n) is 20.2. The Bertz CT molecular complexity index is 3180. The number of aliphatic hydroxyl groups excluding tert-OH is 5. The van der Waals surface area contributed by atoms with Gasteiger partial charge >= 0.3 is 11.9 Å². The van der Waals surface area contributed by atoms with Crippen LogP contribution in [0.3, 0.4) is 0 Å². The van der Waals surface area contributed by atoms with Gasteiger partial charge in [0.2, 0.25) is 0 Å². The Morgan fingerprint density at radius 1 is 0.494 bits per heavy atom. The van der Waals surface area contributed by atoms with Gasteiger partial charge in [-0.25, -0.2) is 9.59 Å². The molecule has 24 atom stereocenters. The molecule has 15 nitrogen and oxygen atoms in total. The number of carbonyl (C=O) groups excluding carboxylic acids is 5. The summed E-state index contributed by atoms with van der Waals surface area (Å²) in [5, 5.41) is 90.5. The maximum absolute atomic E-state index is 14.2. The Morgan fingerprint density at radius 3 is 1.13 bits per heavy atom. The van der Waals surface area contributed by atoms with Crippen molar-refractivity contribution < 1.29 is 74.3 Å². The Labute approximate surface area is 502 Å². The number of fused-ring (bicyclic) bond motifs is 9. The zero-order valence-corrected chi connectivity index (χ0v) is 53.3. The number of carbonyl (C=O) groups is 5. The van der Waals surface area contributed by atoms with Crippen molar-refractivity contribution in [2.75, 3.05) is 6.61 Å². The summed E-state index contributed by atoms with van der Waals surface area (Å²) in [6.45, 7) is 34.1. The van der Waals surface area contributed by atoms with E-state index < -0.39 is 94.1 Å². The molecule has 8 N–H and O–H groups in total. The number of hydrogen-bond acceptors (Lipinski definition) is 15. The molecule has 6 bridgehead atoms. The van der Waals surface area contributed by atoms with Gasteiger partial charge in [-0.3, -0.25) is 14.4 Å². The number of ketones is 3. The van der Waals surface area contributed by atoms with E-state index in [-0.39, 0.29) is 86.5 Å². The van der Waals surface area contributed by atoms with Gasteiger partial charge in [0, 0.05) is 28.9 Å². The van der Waals surface area contributed by atoms with Crippen LogP contribution in [-0.4, -0.2) is 130 Å². The van der Waals surface area contributed by atoms with Crippen LogP contribution in [0.1, 0.15) is 144 Å². The van der Waals surface area contributed by atoms with Gasteiger partial charge < -0.3 is 50.3 Å². The molecule has 0 aromatic rings. The number of hydrogen-bond donors (Lipinski definition) is 8. The Balaban J connectivity index is 0.000000143. The fraction of sp³-hybridized carbons (Fsp3) is 0.700. The summed E-state index contributed by atoms with van der Waals surface area (Å²) < 4.78 is 11.5. The van der Waals surface area contributed by atoms with Gasteiger partial charge in [-0.05, 0) is 185 Å². The van der Waals surface area contributed by atoms with Crippen molar-refractivity contribution in [3.05, 3.63) is 93.2 Å². The second-order valence-corrected chi connectivity index (χ2v) is 30.5. The lowest BCUT2D eigenvalue weighted by Crippen LogP contribution is -2.65. The minimum absolute atomic E-state index is 0.0209. The van der Waals surface area contributed by atoms with E-state index in [0.29, 0.717) is 56.8 Å². The molecule has 15 heteroatoms. The summed E-state index contributed by atoms with van der Waals surface area (Å²) in [5.74, 6) is -1.43. The van der Waals surface area contributed by atoms with E-state index >= 15 is 0 Å². The SMILES string of the molecule is C/C=C(/C)C(=O)O[C@H]1C(C)=C[C@]23C(=O)[C@@H](C=C(C)[C@@H](O)[C@]12O)[C@H]1[C@@H](C[C@H]3C)C1(C)C.C/C=C(/C)C(=O)O[C@H]1C(C)=C[C@]23C(=O)[C@@H](C=C(CO)[C@@H](O)[C@]12O)[C@H]1[C@@H](C[C@H]3C)C1(C)C.CC1=C[C@@H]2C(=O)[C@]3(C=C(C)[C@H](O)[C@@]3(O)[C@@H]1O)[C@H](C)C[C@@H]1[C@H]2C1(C)C. The first-order valence-corrected chi connectivity index (χ1v) is 31.2. The molecular formula is C70H96O15. The van der Waals surface area contributed by atoms with Crippen molar-refractivity contribution in [3.63, 3.8) is 0 Å². The van der Waals surface area contributed by atoms with E-state index in [9.17, 15) is 64.8 Å². The van der Waals surface area contributed by atoms with Gasteiger partial charge in [0.1, 0.15) is 30.0 Å². The van der Waals surface area contributed by atoms with E-state index in [1.165, 1.54) is 0 Å². The first-order valence-electron chi connectivity index (χ1n) is 31.2. The maximum Gasteiger partial charge on any atom is 0.334 e. The summed E-state index contributed by atoms with van der Waals surface area (Å²) in [4.78, 5) is 67.2. The van der Waals surface area contributed by atoms with Crippen molar-refractivity contribution in [2.24, 2.45) is 104 Å². The number of allylic oxidation sites excluding steroid dienone is 5. The van der Waals surface area contributed by atoms with Crippen LogP contribution in [-0.2, 0) is 33.4 Å². The summed E-state index contributed by atoms with van der Waals surface area (Å²) in [6, 6.07) is 0. The molecule has 0 saturated heterocycles. The molecule has 3 spiro atoms. The highest BCUT2D eigenvalue weighted by Gasteiger charge is 2.79. The summed E-state index contributed by atoms with van der Waals surface area (Å²) in [6.07, 6.45) is 8.79. The quantitative estimate of drug-likeness (QED) is 0.0751. The third-order valence-electron chi connectivity index (χ3n) is 25.6. The van der Waals surface area contributed by atoms with Crippen molar-refractivity contribution in [1.29, 1.82) is 0 Å². The van der Waals surface area contributed by atoms with E-state index in [1.54, 1.807) is 92.7 Å². The monoisotopic (exact) mass is 1180 g/mol. The van der Waals surface area contributed by atoms with Crippen LogP contribution in [0, 0.1) is 104 Å². The predicted molar refractivity (Wildman–Crippen MR) is 318 cm³/mol. The Hall–Kier alpha value is -4.45. The number of Topliss-reactive ketones (excluding diaryl/α,β-unsaturated/α-hetero) is 3. The van der Waals surface area contributed by atoms with Crippen LogP contribution < -0.4 is 0 Å². The first kappa shape index (κ1) is 63.6. The maximum atomic E-state index is 14.2. The van der Waals surface area contributed by atoms with Crippen molar-refractivity contribution >= 4 is 29.3 Å². The molecular weight excluding hydrogens is 1080 g/mol. The minimum atomic E-state index is -2.08. The third kappa shape index (κ3) is 7.93. The zero-order chi connectivity index (χ0) is 63.3. The zero-order valence-electron chi connectivity index (χ0n) is 53.3. The molecule has 12 aliphatic carbocycles. The summed E-state index contributed by atoms with van der Waals surface area (Å²) in [5.41, 5.74) is -5.69. The lowest BCUT2D eigenvalue weighted by molar-refractivity contribution is -0.201. The first-order chi connectivity index (χ1) is 39.2. The van der Waals surface area contributed by atoms with Gasteiger partial charge in [-0.1, -0.05) is 111 Å². The van der Waals surface area contributed by atoms with Crippen LogP contribution >= 0.6 is 0 Å². The van der Waals surface area contributed by atoms with E-state index in [1.807, 2.05) is 39.0 Å². The van der Waals surface area contributed by atoms with Gasteiger partial charge in [0.15, 0.2) is 40.8 Å². The molecule has 12 aliphatic rings. The molecule has 6 fully saturated rings. The van der Waals surface area contributed by atoms with Crippen molar-refractivity contribution in [2.45, 2.75) is 197 Å². The predicted octanol–water partition coefficient (Wildman–Crippen LogP) is 7.54. The molecule has 0 radical (unpaired) electrons. The number of ether oxygens (including phenoxy) is 2. The molecule has 0 aromatic carbocycles. The second kappa shape index (κ2) is 20.0. The topological polar surface area (TPSA) is 266 Å². The van der Waals surface area contributed by atoms with Crippen LogP contribution in [0.2, 0.25) is 0 Å². The molecule has 0 aromatic heterocycles. The lowest BCUT2D eigenvalue weighted by atomic mass is 9.59. The summed E-state index contributed by atoms with van der Waals surface area (Å²) >= 11 is 0. The molecule has 0 unspecified atom stereocenters. The molecule has 466 valence electrons. The van der Waals surface area contributed by atoms with E-state index in [4.69, 9.17) is 9.47 Å². The number of rotatable bonds is 5. The smallest absolute Gasteiger partial charge is 0.334 e. The Morgan fingerprint density at radius 2 is 0.788 bits per heavy atom. The highest BCUT2D eigenvalue weighted by atomic mass is 16.6. The minimum Gasteiger partial charge on any atom is -0.451 e. The average Bonchev–Trinajstić information content (AvgIpc) is 1.53. The van der Waals surface area contributed by atoms with E-state index in [0.717, 1.165) is 19.3 Å². The standard InChI is InChI=1S/C25H34O6.C25H34O5.C20H28O4/c1-7-12(2)22(29)31-21-13(3)10-24-14(4)8-17-18(23(17,5)6)16(20(24)28)9-15(11-26)19(27)25(21,24)30;1-8-12(2)22(28)30-21-14(4)11-24-15(5)10-17-18(23(17,6)7)16(20(24)27)9-13(3)19(26)25(21,24)29;1-9-6-12-14-13(18(14,4)5)7-11(3)19(17(12)23)8-10(2)16(22)20(19,24)15(9)21/h7,9-10,14,16-19,21,26-27,30H,8,11H2,1-6H3;8-9,11,15-19,21,26,29H,10H2,1-7H3;6,8,11-16,21-22,24H,7H2,1-5H3/b12-7-;12-8-;/t14-,16+,17-,18+,19-,21+,24+,25+;15-,16+,17-,18+,19-,21+,24+,25+;11-,12+,13-,14+,15-,16+,19+,20+/m111/s1.